The maximum atomic E-state index is 12.3. The van der Waals surface area contributed by atoms with Crippen LogP contribution in [0.15, 0.2) is 36.4 Å². The first-order valence-electron chi connectivity index (χ1n) is 6.37. The first-order valence-corrected chi connectivity index (χ1v) is 6.37. The molecule has 0 bridgehead atoms. The number of carbonyl (C=O) groups is 2. The average molecular weight is 272 g/mol. The van der Waals surface area contributed by atoms with Crippen molar-refractivity contribution in [2.75, 3.05) is 20.2 Å². The predicted molar refractivity (Wildman–Crippen MR) is 75.3 cm³/mol. The fourth-order valence-electron chi connectivity index (χ4n) is 1.89. The van der Waals surface area contributed by atoms with Crippen molar-refractivity contribution < 1.29 is 14.3 Å². The summed E-state index contributed by atoms with van der Waals surface area (Å²) in [6, 6.07) is 11.1. The lowest BCUT2D eigenvalue weighted by molar-refractivity contribution is -0.141. The van der Waals surface area contributed by atoms with E-state index >= 15 is 0 Å². The number of rotatable bonds is 4. The minimum Gasteiger partial charge on any atom is -0.468 e. The summed E-state index contributed by atoms with van der Waals surface area (Å²) in [6.07, 6.45) is 0. The van der Waals surface area contributed by atoms with Crippen LogP contribution in [-0.4, -0.2) is 42.0 Å². The number of hydrogen-bond donors (Lipinski definition) is 0. The Balaban J connectivity index is 2.27. The van der Waals surface area contributed by atoms with Crippen molar-refractivity contribution in [2.45, 2.75) is 6.92 Å². The molecular weight excluding hydrogens is 256 g/mol. The minimum atomic E-state index is -0.444. The summed E-state index contributed by atoms with van der Waals surface area (Å²) in [6.45, 7) is 2.16. The molecule has 0 fully saturated rings. The van der Waals surface area contributed by atoms with Gasteiger partial charge in [0, 0.05) is 11.9 Å². The highest BCUT2D eigenvalue weighted by atomic mass is 16.5. The molecule has 1 aromatic heterocycles. The van der Waals surface area contributed by atoms with Gasteiger partial charge in [-0.3, -0.25) is 9.59 Å². The first-order chi connectivity index (χ1) is 9.65. The van der Waals surface area contributed by atoms with E-state index in [1.807, 2.05) is 37.3 Å². The van der Waals surface area contributed by atoms with Crippen LogP contribution in [-0.2, 0) is 9.53 Å². The van der Waals surface area contributed by atoms with E-state index in [0.29, 0.717) is 12.2 Å². The molecule has 1 aromatic carbocycles. The summed E-state index contributed by atoms with van der Waals surface area (Å²) >= 11 is 0. The zero-order valence-electron chi connectivity index (χ0n) is 11.5. The van der Waals surface area contributed by atoms with Crippen LogP contribution in [0.25, 0.3) is 10.9 Å². The zero-order valence-corrected chi connectivity index (χ0v) is 11.5. The third-order valence-electron chi connectivity index (χ3n) is 3.03. The van der Waals surface area contributed by atoms with E-state index in [-0.39, 0.29) is 12.5 Å². The average Bonchev–Trinajstić information content (AvgIpc) is 2.51. The van der Waals surface area contributed by atoms with E-state index in [9.17, 15) is 9.59 Å². The second-order valence-corrected chi connectivity index (χ2v) is 4.28. The number of methoxy groups -OCH3 is 1. The third kappa shape index (κ3) is 2.93. The molecule has 2 rings (SSSR count). The second kappa shape index (κ2) is 6.14. The van der Waals surface area contributed by atoms with Gasteiger partial charge in [0.1, 0.15) is 12.2 Å². The van der Waals surface area contributed by atoms with E-state index < -0.39 is 5.97 Å². The molecule has 2 aromatic rings. The smallest absolute Gasteiger partial charge is 0.325 e. The SMILES string of the molecule is CCN(CC(=O)OC)C(=O)c1ccc2ccccc2n1. The number of likely N-dealkylation sites (N-methyl/N-ethyl adjacent to an activating group) is 1. The van der Waals surface area contributed by atoms with Crippen LogP contribution in [0.5, 0.6) is 0 Å². The lowest BCUT2D eigenvalue weighted by Gasteiger charge is -2.18. The Kier molecular flexibility index (Phi) is 4.30. The number of fused-ring (bicyclic) bond motifs is 1. The summed E-state index contributed by atoms with van der Waals surface area (Å²) in [5, 5.41) is 0.972. The number of carbonyl (C=O) groups excluding carboxylic acids is 2. The topological polar surface area (TPSA) is 59.5 Å². The standard InChI is InChI=1S/C15H16N2O3/c1-3-17(10-14(18)20-2)15(19)13-9-8-11-6-4-5-7-12(11)16-13/h4-9H,3,10H2,1-2H3. The number of amides is 1. The van der Waals surface area contributed by atoms with E-state index in [2.05, 4.69) is 9.72 Å². The lowest BCUT2D eigenvalue weighted by atomic mass is 10.2. The Hall–Kier alpha value is -2.43. The molecule has 5 heteroatoms. The Bertz CT molecular complexity index is 640. The quantitative estimate of drug-likeness (QED) is 0.797. The van der Waals surface area contributed by atoms with Gasteiger partial charge in [-0.25, -0.2) is 4.98 Å². The zero-order chi connectivity index (χ0) is 14.5. The van der Waals surface area contributed by atoms with Crippen molar-refractivity contribution in [3.05, 3.63) is 42.1 Å². The Labute approximate surface area is 117 Å². The number of aromatic nitrogens is 1. The fraction of sp³-hybridized carbons (Fsp3) is 0.267. The molecule has 0 saturated carbocycles. The van der Waals surface area contributed by atoms with Crippen LogP contribution in [0, 0.1) is 0 Å². The van der Waals surface area contributed by atoms with Crippen LogP contribution in [0.1, 0.15) is 17.4 Å². The van der Waals surface area contributed by atoms with Gasteiger partial charge in [0.05, 0.1) is 12.6 Å². The third-order valence-corrected chi connectivity index (χ3v) is 3.03. The van der Waals surface area contributed by atoms with Crippen molar-refractivity contribution in [1.82, 2.24) is 9.88 Å². The van der Waals surface area contributed by atoms with Crippen LogP contribution < -0.4 is 0 Å². The number of esters is 1. The maximum absolute atomic E-state index is 12.3. The maximum Gasteiger partial charge on any atom is 0.325 e. The van der Waals surface area contributed by atoms with E-state index in [4.69, 9.17) is 0 Å². The van der Waals surface area contributed by atoms with Gasteiger partial charge in [-0.05, 0) is 19.1 Å². The monoisotopic (exact) mass is 272 g/mol. The molecular formula is C15H16N2O3. The highest BCUT2D eigenvalue weighted by molar-refractivity contribution is 5.96. The number of pyridine rings is 1. The molecule has 1 heterocycles. The molecule has 0 aliphatic carbocycles. The molecule has 5 nitrogen and oxygen atoms in total. The largest absolute Gasteiger partial charge is 0.468 e. The van der Waals surface area contributed by atoms with E-state index in [0.717, 1.165) is 10.9 Å². The lowest BCUT2D eigenvalue weighted by Crippen LogP contribution is -2.36. The van der Waals surface area contributed by atoms with Crippen LogP contribution in [0.2, 0.25) is 0 Å². The van der Waals surface area contributed by atoms with Gasteiger partial charge in [0.15, 0.2) is 0 Å². The summed E-state index contributed by atoms with van der Waals surface area (Å²) in [5.41, 5.74) is 1.09. The summed E-state index contributed by atoms with van der Waals surface area (Å²) in [5.74, 6) is -0.718. The van der Waals surface area contributed by atoms with Crippen molar-refractivity contribution >= 4 is 22.8 Å². The fourth-order valence-corrected chi connectivity index (χ4v) is 1.89. The summed E-state index contributed by atoms with van der Waals surface area (Å²) < 4.78 is 4.59. The van der Waals surface area contributed by atoms with E-state index in [1.165, 1.54) is 12.0 Å². The minimum absolute atomic E-state index is 0.0691. The van der Waals surface area contributed by atoms with Crippen molar-refractivity contribution in [2.24, 2.45) is 0 Å². The molecule has 104 valence electrons. The molecule has 0 aliphatic rings. The van der Waals surface area contributed by atoms with Gasteiger partial charge in [0.25, 0.3) is 5.91 Å². The summed E-state index contributed by atoms with van der Waals surface area (Å²) in [4.78, 5) is 29.4. The van der Waals surface area contributed by atoms with Gasteiger partial charge < -0.3 is 9.64 Å². The molecule has 0 aliphatic heterocycles. The number of para-hydroxylation sites is 1. The van der Waals surface area contributed by atoms with Crippen molar-refractivity contribution in [3.8, 4) is 0 Å². The Morgan fingerprint density at radius 1 is 1.20 bits per heavy atom. The highest BCUT2D eigenvalue weighted by Crippen LogP contribution is 2.13. The van der Waals surface area contributed by atoms with Gasteiger partial charge in [0.2, 0.25) is 0 Å². The van der Waals surface area contributed by atoms with Crippen molar-refractivity contribution in [3.63, 3.8) is 0 Å². The first kappa shape index (κ1) is 14.0. The molecule has 0 saturated heterocycles. The van der Waals surface area contributed by atoms with Gasteiger partial charge in [-0.15, -0.1) is 0 Å². The summed E-state index contributed by atoms with van der Waals surface area (Å²) in [7, 11) is 1.30. The number of benzene rings is 1. The van der Waals surface area contributed by atoms with E-state index in [1.54, 1.807) is 6.07 Å². The Morgan fingerprint density at radius 2 is 1.95 bits per heavy atom. The van der Waals surface area contributed by atoms with Gasteiger partial charge in [-0.2, -0.15) is 0 Å². The molecule has 0 radical (unpaired) electrons. The van der Waals surface area contributed by atoms with Crippen LogP contribution in [0.3, 0.4) is 0 Å². The molecule has 0 unspecified atom stereocenters. The van der Waals surface area contributed by atoms with Crippen LogP contribution >= 0.6 is 0 Å². The molecule has 0 N–H and O–H groups in total. The molecule has 0 spiro atoms. The molecule has 20 heavy (non-hydrogen) atoms. The number of hydrogen-bond acceptors (Lipinski definition) is 4. The number of nitrogens with zero attached hydrogens (tertiary/aromatic N) is 2. The Morgan fingerprint density at radius 3 is 2.65 bits per heavy atom. The van der Waals surface area contributed by atoms with Gasteiger partial charge >= 0.3 is 5.97 Å². The highest BCUT2D eigenvalue weighted by Gasteiger charge is 2.18. The molecule has 1 amide bonds. The normalized spacial score (nSPS) is 10.3. The molecule has 0 atom stereocenters. The number of ether oxygens (including phenoxy) is 1. The predicted octanol–water partition coefficient (Wildman–Crippen LogP) is 1.87. The van der Waals surface area contributed by atoms with Gasteiger partial charge in [-0.1, -0.05) is 24.3 Å². The second-order valence-electron chi connectivity index (χ2n) is 4.28. The van der Waals surface area contributed by atoms with Crippen molar-refractivity contribution in [1.29, 1.82) is 0 Å². The van der Waals surface area contributed by atoms with Crippen LogP contribution in [0.4, 0.5) is 0 Å².